The van der Waals surface area contributed by atoms with Crippen molar-refractivity contribution in [2.45, 2.75) is 122 Å². The third-order valence-corrected chi connectivity index (χ3v) is 11.5. The molecule has 44 heavy (non-hydrogen) atoms. The Morgan fingerprint density at radius 2 is 1.57 bits per heavy atom. The highest BCUT2D eigenvalue weighted by atomic mass is 32.1. The Bertz CT molecular complexity index is 1070. The molecule has 4 atom stereocenters. The SMILES string of the molecule is CC(C)C[C@H]1CN([C@@H](CC(C)C)CN2CCCC2CN2C(=S)NC[C@@H]2Cc2ccc(O)cc2)C(=S)N1CC1CCCCCC1. The summed E-state index contributed by atoms with van der Waals surface area (Å²) in [6, 6.07) is 9.52. The van der Waals surface area contributed by atoms with Crippen LogP contribution in [0.1, 0.15) is 97.5 Å². The van der Waals surface area contributed by atoms with Gasteiger partial charge in [-0.05, 0) is 111 Å². The number of nitrogens with zero attached hydrogens (tertiary/aromatic N) is 4. The smallest absolute Gasteiger partial charge is 0.172 e. The molecule has 0 bridgehead atoms. The van der Waals surface area contributed by atoms with E-state index in [1.165, 1.54) is 69.8 Å². The molecule has 0 radical (unpaired) electrons. The zero-order valence-electron chi connectivity index (χ0n) is 27.9. The van der Waals surface area contributed by atoms with Crippen molar-refractivity contribution in [1.29, 1.82) is 0 Å². The number of likely N-dealkylation sites (tertiary alicyclic amines) is 1. The number of phenolic OH excluding ortho intramolecular Hbond substituents is 1. The van der Waals surface area contributed by atoms with E-state index < -0.39 is 0 Å². The molecule has 0 spiro atoms. The lowest BCUT2D eigenvalue weighted by molar-refractivity contribution is 0.148. The van der Waals surface area contributed by atoms with Crippen molar-refractivity contribution in [2.75, 3.05) is 39.3 Å². The fourth-order valence-corrected chi connectivity index (χ4v) is 9.17. The van der Waals surface area contributed by atoms with Gasteiger partial charge in [0.05, 0.1) is 6.04 Å². The minimum Gasteiger partial charge on any atom is -0.508 e. The van der Waals surface area contributed by atoms with Gasteiger partial charge >= 0.3 is 0 Å². The minimum absolute atomic E-state index is 0.323. The number of thiocarbonyl (C=S) groups is 2. The van der Waals surface area contributed by atoms with Gasteiger partial charge in [0, 0.05) is 50.8 Å². The molecule has 0 aromatic heterocycles. The standard InChI is InChI=1S/C36H59N5OS2/c1-26(2)18-32(41-25-33(19-27(3)4)40(36(41)44)22-29-10-7-5-6-8-11-29)23-38-17-9-12-30(38)24-39-31(21-37-35(39)43)20-28-13-15-34(42)16-14-28/h13-16,26-27,29-33,42H,5-12,17-25H2,1-4H3,(H,37,43)/t30?,31-,32-,33-/m0/s1. The molecule has 0 amide bonds. The van der Waals surface area contributed by atoms with E-state index in [0.29, 0.717) is 41.8 Å². The third-order valence-electron chi connectivity index (χ3n) is 10.6. The van der Waals surface area contributed by atoms with Gasteiger partial charge in [0.15, 0.2) is 10.2 Å². The fraction of sp³-hybridized carbons (Fsp3) is 0.778. The molecule has 1 saturated carbocycles. The molecule has 2 N–H and O–H groups in total. The molecule has 1 aromatic carbocycles. The van der Waals surface area contributed by atoms with Gasteiger partial charge in [-0.1, -0.05) is 65.5 Å². The van der Waals surface area contributed by atoms with Crippen molar-refractivity contribution in [3.63, 3.8) is 0 Å². The van der Waals surface area contributed by atoms with Crippen LogP contribution in [0.2, 0.25) is 0 Å². The summed E-state index contributed by atoms with van der Waals surface area (Å²) in [6.45, 7) is 15.9. The highest BCUT2D eigenvalue weighted by Gasteiger charge is 2.41. The molecule has 4 aliphatic rings. The number of nitrogens with one attached hydrogen (secondary N) is 1. The van der Waals surface area contributed by atoms with E-state index in [-0.39, 0.29) is 0 Å². The van der Waals surface area contributed by atoms with Gasteiger partial charge in [0.2, 0.25) is 0 Å². The molecule has 5 rings (SSSR count). The minimum atomic E-state index is 0.323. The number of rotatable bonds is 13. The van der Waals surface area contributed by atoms with Gasteiger partial charge in [0.1, 0.15) is 5.75 Å². The number of phenols is 1. The quantitative estimate of drug-likeness (QED) is 0.183. The first kappa shape index (κ1) is 33.7. The molecule has 3 heterocycles. The first-order chi connectivity index (χ1) is 21.2. The first-order valence-electron chi connectivity index (χ1n) is 17.8. The van der Waals surface area contributed by atoms with Gasteiger partial charge in [-0.25, -0.2) is 0 Å². The average Bonchev–Trinajstić information content (AvgIpc) is 3.56. The summed E-state index contributed by atoms with van der Waals surface area (Å²) < 4.78 is 0. The Hall–Kier alpha value is -1.64. The number of aromatic hydroxyl groups is 1. The largest absolute Gasteiger partial charge is 0.508 e. The van der Waals surface area contributed by atoms with Crippen molar-refractivity contribution in [3.8, 4) is 5.75 Å². The Labute approximate surface area is 278 Å². The molecule has 4 fully saturated rings. The van der Waals surface area contributed by atoms with Crippen LogP contribution in [0.5, 0.6) is 5.75 Å². The summed E-state index contributed by atoms with van der Waals surface area (Å²) >= 11 is 12.2. The summed E-state index contributed by atoms with van der Waals surface area (Å²) in [6.07, 6.45) is 14.2. The average molecular weight is 642 g/mol. The highest BCUT2D eigenvalue weighted by Crippen LogP contribution is 2.32. The Morgan fingerprint density at radius 1 is 0.841 bits per heavy atom. The lowest BCUT2D eigenvalue weighted by Gasteiger charge is -2.38. The fourth-order valence-electron chi connectivity index (χ4n) is 8.41. The van der Waals surface area contributed by atoms with Crippen LogP contribution in [-0.2, 0) is 6.42 Å². The van der Waals surface area contributed by atoms with Crippen molar-refractivity contribution >= 4 is 34.7 Å². The topological polar surface area (TPSA) is 45.2 Å². The summed E-state index contributed by atoms with van der Waals surface area (Å²) in [4.78, 5) is 10.6. The van der Waals surface area contributed by atoms with Crippen molar-refractivity contribution in [2.24, 2.45) is 17.8 Å². The van der Waals surface area contributed by atoms with Crippen LogP contribution in [0, 0.1) is 17.8 Å². The Morgan fingerprint density at radius 3 is 2.25 bits per heavy atom. The van der Waals surface area contributed by atoms with Crippen molar-refractivity contribution < 1.29 is 5.11 Å². The van der Waals surface area contributed by atoms with E-state index >= 15 is 0 Å². The van der Waals surface area contributed by atoms with Crippen LogP contribution in [0.4, 0.5) is 0 Å². The van der Waals surface area contributed by atoms with E-state index in [4.69, 9.17) is 24.4 Å². The zero-order chi connectivity index (χ0) is 31.2. The van der Waals surface area contributed by atoms with E-state index in [1.54, 1.807) is 12.1 Å². The molecule has 246 valence electrons. The van der Waals surface area contributed by atoms with Crippen LogP contribution in [0.15, 0.2) is 24.3 Å². The lowest BCUT2D eigenvalue weighted by Crippen LogP contribution is -2.51. The second-order valence-corrected chi connectivity index (χ2v) is 15.9. The highest BCUT2D eigenvalue weighted by molar-refractivity contribution is 7.80. The second-order valence-electron chi connectivity index (χ2n) is 15.2. The number of hydrogen-bond acceptors (Lipinski definition) is 4. The summed E-state index contributed by atoms with van der Waals surface area (Å²) in [5.41, 5.74) is 1.25. The van der Waals surface area contributed by atoms with Gasteiger partial charge < -0.3 is 25.1 Å². The van der Waals surface area contributed by atoms with Crippen LogP contribution < -0.4 is 5.32 Å². The summed E-state index contributed by atoms with van der Waals surface area (Å²) in [5.74, 6) is 2.43. The first-order valence-corrected chi connectivity index (χ1v) is 18.6. The van der Waals surface area contributed by atoms with E-state index in [0.717, 1.165) is 61.8 Å². The van der Waals surface area contributed by atoms with Crippen molar-refractivity contribution in [3.05, 3.63) is 29.8 Å². The zero-order valence-corrected chi connectivity index (χ0v) is 29.6. The maximum Gasteiger partial charge on any atom is 0.172 e. The number of benzene rings is 1. The molecule has 6 nitrogen and oxygen atoms in total. The van der Waals surface area contributed by atoms with E-state index in [1.807, 2.05) is 12.1 Å². The summed E-state index contributed by atoms with van der Waals surface area (Å²) in [7, 11) is 0. The predicted molar refractivity (Wildman–Crippen MR) is 191 cm³/mol. The molecule has 8 heteroatoms. The van der Waals surface area contributed by atoms with Gasteiger partial charge in [-0.2, -0.15) is 0 Å². The molecule has 3 saturated heterocycles. The van der Waals surface area contributed by atoms with Gasteiger partial charge in [-0.3, -0.25) is 4.90 Å². The molecular formula is C36H59N5OS2. The van der Waals surface area contributed by atoms with Crippen LogP contribution >= 0.6 is 24.4 Å². The Kier molecular flexibility index (Phi) is 12.1. The van der Waals surface area contributed by atoms with Gasteiger partial charge in [0.25, 0.3) is 0 Å². The van der Waals surface area contributed by atoms with E-state index in [9.17, 15) is 5.11 Å². The maximum atomic E-state index is 9.74. The van der Waals surface area contributed by atoms with E-state index in [2.05, 4.69) is 52.6 Å². The second kappa shape index (κ2) is 15.8. The van der Waals surface area contributed by atoms with Crippen LogP contribution in [-0.4, -0.2) is 98.4 Å². The monoisotopic (exact) mass is 641 g/mol. The number of hydrogen-bond donors (Lipinski definition) is 2. The molecule has 1 unspecified atom stereocenters. The Balaban J connectivity index is 1.27. The molecule has 3 aliphatic heterocycles. The van der Waals surface area contributed by atoms with Crippen LogP contribution in [0.3, 0.4) is 0 Å². The molecule has 1 aliphatic carbocycles. The molecular weight excluding hydrogens is 583 g/mol. The van der Waals surface area contributed by atoms with Gasteiger partial charge in [-0.15, -0.1) is 0 Å². The summed E-state index contributed by atoms with van der Waals surface area (Å²) in [5, 5.41) is 15.3. The predicted octanol–water partition coefficient (Wildman–Crippen LogP) is 6.66. The molecule has 1 aromatic rings. The normalized spacial score (nSPS) is 26.3. The maximum absolute atomic E-state index is 9.74. The third kappa shape index (κ3) is 8.79. The lowest BCUT2D eigenvalue weighted by atomic mass is 9.97. The van der Waals surface area contributed by atoms with Crippen molar-refractivity contribution in [1.82, 2.24) is 24.9 Å². The van der Waals surface area contributed by atoms with Crippen LogP contribution in [0.25, 0.3) is 0 Å².